The molecule has 2 fully saturated rings. The molecular weight excluding hydrogens is 278 g/mol. The maximum absolute atomic E-state index is 12.1. The van der Waals surface area contributed by atoms with Crippen LogP contribution < -0.4 is 10.2 Å². The molecule has 1 saturated carbocycles. The first-order chi connectivity index (χ1) is 10.6. The summed E-state index contributed by atoms with van der Waals surface area (Å²) in [6.45, 7) is 1.82. The monoisotopic (exact) mass is 303 g/mol. The van der Waals surface area contributed by atoms with Crippen molar-refractivity contribution in [1.82, 2.24) is 10.3 Å². The fourth-order valence-electron chi connectivity index (χ4n) is 3.58. The van der Waals surface area contributed by atoms with Crippen LogP contribution in [0, 0.1) is 0 Å². The van der Waals surface area contributed by atoms with E-state index in [0.29, 0.717) is 0 Å². The second-order valence-electron chi connectivity index (χ2n) is 6.62. The van der Waals surface area contributed by atoms with E-state index in [4.69, 9.17) is 0 Å². The molecule has 1 aromatic rings. The molecule has 0 atom stereocenters. The summed E-state index contributed by atoms with van der Waals surface area (Å²) in [5.74, 6) is 1.01. The minimum Gasteiger partial charge on any atom is -0.389 e. The van der Waals surface area contributed by atoms with Crippen molar-refractivity contribution < 1.29 is 9.90 Å². The average molecular weight is 303 g/mol. The van der Waals surface area contributed by atoms with Gasteiger partial charge in [0.25, 0.3) is 0 Å². The second-order valence-corrected chi connectivity index (χ2v) is 6.62. The van der Waals surface area contributed by atoms with Crippen molar-refractivity contribution in [3.8, 4) is 0 Å². The number of nitrogens with zero attached hydrogens (tertiary/aromatic N) is 2. The molecular formula is C17H25N3O2. The fraction of sp³-hybridized carbons (Fsp3) is 0.647. The summed E-state index contributed by atoms with van der Waals surface area (Å²) in [5.41, 5.74) is -0.751. The lowest BCUT2D eigenvalue weighted by Gasteiger charge is -2.33. The fourth-order valence-corrected chi connectivity index (χ4v) is 3.58. The first-order valence-electron chi connectivity index (χ1n) is 8.32. The summed E-state index contributed by atoms with van der Waals surface area (Å²) < 4.78 is 0. The highest BCUT2D eigenvalue weighted by atomic mass is 16.3. The zero-order chi connectivity index (χ0) is 15.4. The number of amides is 1. The van der Waals surface area contributed by atoms with Gasteiger partial charge < -0.3 is 15.3 Å². The molecule has 1 saturated heterocycles. The Morgan fingerprint density at radius 1 is 1.32 bits per heavy atom. The van der Waals surface area contributed by atoms with Crippen LogP contribution in [0.4, 0.5) is 5.82 Å². The van der Waals surface area contributed by atoms with Crippen LogP contribution in [0.2, 0.25) is 0 Å². The van der Waals surface area contributed by atoms with Gasteiger partial charge in [0.2, 0.25) is 5.91 Å². The lowest BCUT2D eigenvalue weighted by Crippen LogP contribution is -2.46. The number of piperidine rings is 1. The highest BCUT2D eigenvalue weighted by Crippen LogP contribution is 2.32. The Morgan fingerprint density at radius 2 is 2.05 bits per heavy atom. The first-order valence-corrected chi connectivity index (χ1v) is 8.32. The van der Waals surface area contributed by atoms with Gasteiger partial charge >= 0.3 is 0 Å². The van der Waals surface area contributed by atoms with E-state index in [0.717, 1.165) is 57.4 Å². The number of carbonyl (C=O) groups excluding carboxylic acids is 1. The molecule has 0 unspecified atom stereocenters. The summed E-state index contributed by atoms with van der Waals surface area (Å²) >= 11 is 0. The van der Waals surface area contributed by atoms with Gasteiger partial charge in [0.15, 0.2) is 0 Å². The van der Waals surface area contributed by atoms with E-state index in [9.17, 15) is 9.90 Å². The predicted octanol–water partition coefficient (Wildman–Crippen LogP) is 1.86. The number of nitrogens with one attached hydrogen (secondary N) is 1. The SMILES string of the molecule is O=C(CC1(O)CCCC1)NC1CCN(c2ccccn2)CC1. The summed E-state index contributed by atoms with van der Waals surface area (Å²) in [5, 5.41) is 13.4. The van der Waals surface area contributed by atoms with Crippen LogP contribution in [0.25, 0.3) is 0 Å². The van der Waals surface area contributed by atoms with Gasteiger partial charge in [-0.15, -0.1) is 0 Å². The molecule has 2 aliphatic rings. The van der Waals surface area contributed by atoms with Crippen LogP contribution >= 0.6 is 0 Å². The Labute approximate surface area is 131 Å². The number of hydrogen-bond donors (Lipinski definition) is 2. The lowest BCUT2D eigenvalue weighted by atomic mass is 9.97. The van der Waals surface area contributed by atoms with E-state index in [1.165, 1.54) is 0 Å². The summed E-state index contributed by atoms with van der Waals surface area (Å²) in [4.78, 5) is 18.8. The Kier molecular flexibility index (Phi) is 4.62. The summed E-state index contributed by atoms with van der Waals surface area (Å²) in [7, 11) is 0. The van der Waals surface area contributed by atoms with E-state index < -0.39 is 5.60 Å². The molecule has 3 rings (SSSR count). The van der Waals surface area contributed by atoms with Crippen molar-refractivity contribution in [2.75, 3.05) is 18.0 Å². The van der Waals surface area contributed by atoms with Crippen molar-refractivity contribution in [2.45, 2.75) is 56.6 Å². The maximum Gasteiger partial charge on any atom is 0.223 e. The third-order valence-electron chi connectivity index (χ3n) is 4.86. The van der Waals surface area contributed by atoms with Gasteiger partial charge in [-0.05, 0) is 37.8 Å². The van der Waals surface area contributed by atoms with Crippen molar-refractivity contribution in [1.29, 1.82) is 0 Å². The third-order valence-corrected chi connectivity index (χ3v) is 4.86. The number of pyridine rings is 1. The largest absolute Gasteiger partial charge is 0.389 e. The van der Waals surface area contributed by atoms with Crippen LogP contribution in [0.1, 0.15) is 44.9 Å². The Balaban J connectivity index is 1.45. The van der Waals surface area contributed by atoms with E-state index in [-0.39, 0.29) is 18.4 Å². The van der Waals surface area contributed by atoms with Gasteiger partial charge in [-0.2, -0.15) is 0 Å². The average Bonchev–Trinajstić information content (AvgIpc) is 2.95. The number of carbonyl (C=O) groups is 1. The number of rotatable bonds is 4. The molecule has 2 heterocycles. The highest BCUT2D eigenvalue weighted by Gasteiger charge is 2.34. The predicted molar refractivity (Wildman–Crippen MR) is 85.6 cm³/mol. The van der Waals surface area contributed by atoms with Crippen LogP contribution in [-0.4, -0.2) is 40.7 Å². The minimum atomic E-state index is -0.751. The molecule has 5 nitrogen and oxygen atoms in total. The minimum absolute atomic E-state index is 0.000635. The van der Waals surface area contributed by atoms with Gasteiger partial charge in [-0.1, -0.05) is 18.9 Å². The molecule has 22 heavy (non-hydrogen) atoms. The topological polar surface area (TPSA) is 65.5 Å². The van der Waals surface area contributed by atoms with E-state index in [1.54, 1.807) is 0 Å². The molecule has 0 radical (unpaired) electrons. The molecule has 0 aromatic carbocycles. The van der Waals surface area contributed by atoms with Crippen LogP contribution in [-0.2, 0) is 4.79 Å². The number of aliphatic hydroxyl groups is 1. The van der Waals surface area contributed by atoms with E-state index in [2.05, 4.69) is 15.2 Å². The van der Waals surface area contributed by atoms with Gasteiger partial charge in [0, 0.05) is 25.3 Å². The molecule has 1 aliphatic heterocycles. The van der Waals surface area contributed by atoms with Crippen molar-refractivity contribution in [3.63, 3.8) is 0 Å². The number of aromatic nitrogens is 1. The molecule has 0 bridgehead atoms. The summed E-state index contributed by atoms with van der Waals surface area (Å²) in [6.07, 6.45) is 7.52. The zero-order valence-electron chi connectivity index (χ0n) is 13.0. The van der Waals surface area contributed by atoms with Gasteiger partial charge in [0.05, 0.1) is 12.0 Å². The first kappa shape index (κ1) is 15.3. The van der Waals surface area contributed by atoms with Crippen LogP contribution in [0.15, 0.2) is 24.4 Å². The molecule has 120 valence electrons. The van der Waals surface area contributed by atoms with Gasteiger partial charge in [0.1, 0.15) is 5.82 Å². The molecule has 2 N–H and O–H groups in total. The van der Waals surface area contributed by atoms with Crippen molar-refractivity contribution >= 4 is 11.7 Å². The highest BCUT2D eigenvalue weighted by molar-refractivity contribution is 5.77. The molecule has 0 spiro atoms. The zero-order valence-corrected chi connectivity index (χ0v) is 13.0. The standard InChI is InChI=1S/C17H25N3O2/c21-16(13-17(22)8-2-3-9-17)19-14-6-11-20(12-7-14)15-5-1-4-10-18-15/h1,4-5,10,14,22H,2-3,6-9,11-13H2,(H,19,21). The maximum atomic E-state index is 12.1. The molecule has 1 aliphatic carbocycles. The van der Waals surface area contributed by atoms with Crippen molar-refractivity contribution in [3.05, 3.63) is 24.4 Å². The molecule has 5 heteroatoms. The summed E-state index contributed by atoms with van der Waals surface area (Å²) in [6, 6.07) is 6.16. The number of anilines is 1. The lowest BCUT2D eigenvalue weighted by molar-refractivity contribution is -0.126. The molecule has 1 aromatic heterocycles. The van der Waals surface area contributed by atoms with Gasteiger partial charge in [-0.25, -0.2) is 4.98 Å². The molecule has 1 amide bonds. The number of hydrogen-bond acceptors (Lipinski definition) is 4. The van der Waals surface area contributed by atoms with Crippen LogP contribution in [0.5, 0.6) is 0 Å². The Hall–Kier alpha value is -1.62. The quantitative estimate of drug-likeness (QED) is 0.891. The van der Waals surface area contributed by atoms with E-state index in [1.807, 2.05) is 24.4 Å². The smallest absolute Gasteiger partial charge is 0.223 e. The van der Waals surface area contributed by atoms with Crippen LogP contribution in [0.3, 0.4) is 0 Å². The third kappa shape index (κ3) is 3.77. The van der Waals surface area contributed by atoms with E-state index >= 15 is 0 Å². The van der Waals surface area contributed by atoms with Gasteiger partial charge in [-0.3, -0.25) is 4.79 Å². The van der Waals surface area contributed by atoms with Crippen molar-refractivity contribution in [2.24, 2.45) is 0 Å². The normalized spacial score (nSPS) is 21.8. The second kappa shape index (κ2) is 6.65. The Bertz CT molecular complexity index is 492. The Morgan fingerprint density at radius 3 is 2.68 bits per heavy atom.